The van der Waals surface area contributed by atoms with E-state index < -0.39 is 0 Å². The Labute approximate surface area is 117 Å². The van der Waals surface area contributed by atoms with E-state index in [9.17, 15) is 0 Å². The summed E-state index contributed by atoms with van der Waals surface area (Å²) in [6.07, 6.45) is 3.84. The van der Waals surface area contributed by atoms with Crippen LogP contribution >= 0.6 is 23.2 Å². The third-order valence-corrected chi connectivity index (χ3v) is 3.44. The Morgan fingerprint density at radius 2 is 2.17 bits per heavy atom. The lowest BCUT2D eigenvalue weighted by molar-refractivity contribution is 0.637. The van der Waals surface area contributed by atoms with Gasteiger partial charge in [-0.15, -0.1) is 0 Å². The van der Waals surface area contributed by atoms with E-state index >= 15 is 0 Å². The highest BCUT2D eigenvalue weighted by molar-refractivity contribution is 6.35. The molecule has 3 nitrogen and oxygen atoms in total. The second-order valence-electron chi connectivity index (χ2n) is 4.18. The van der Waals surface area contributed by atoms with Crippen molar-refractivity contribution in [3.63, 3.8) is 0 Å². The first kappa shape index (κ1) is 13.4. The molecule has 1 atom stereocenters. The number of halogens is 2. The van der Waals surface area contributed by atoms with Gasteiger partial charge in [0.15, 0.2) is 0 Å². The molecule has 2 aromatic rings. The van der Waals surface area contributed by atoms with E-state index in [1.165, 1.54) is 0 Å². The predicted molar refractivity (Wildman–Crippen MR) is 75.3 cm³/mol. The van der Waals surface area contributed by atoms with Crippen LogP contribution in [0.2, 0.25) is 10.0 Å². The molecule has 1 heterocycles. The van der Waals surface area contributed by atoms with Crippen molar-refractivity contribution in [3.8, 4) is 0 Å². The second kappa shape index (κ2) is 5.74. The molecule has 0 bridgehead atoms. The summed E-state index contributed by atoms with van der Waals surface area (Å²) < 4.78 is 2.04. The van der Waals surface area contributed by atoms with Gasteiger partial charge in [0.25, 0.3) is 0 Å². The molecule has 0 amide bonds. The van der Waals surface area contributed by atoms with Gasteiger partial charge in [-0.1, -0.05) is 29.3 Å². The van der Waals surface area contributed by atoms with Crippen LogP contribution in [0, 0.1) is 0 Å². The maximum absolute atomic E-state index is 6.21. The molecule has 0 aliphatic rings. The zero-order valence-electron chi connectivity index (χ0n) is 10.3. The molecule has 96 valence electrons. The Hall–Kier alpha value is -1.03. The van der Waals surface area contributed by atoms with Crippen molar-refractivity contribution >= 4 is 23.2 Å². The van der Waals surface area contributed by atoms with Crippen molar-refractivity contribution in [2.75, 3.05) is 7.05 Å². The van der Waals surface area contributed by atoms with Crippen molar-refractivity contribution in [2.24, 2.45) is 0 Å². The zero-order valence-corrected chi connectivity index (χ0v) is 11.8. The normalized spacial score (nSPS) is 12.7. The van der Waals surface area contributed by atoms with Crippen LogP contribution in [-0.4, -0.2) is 16.6 Å². The number of nitrogens with zero attached hydrogens (tertiary/aromatic N) is 2. The number of nitrogens with one attached hydrogen (secondary N) is 1. The number of hydrogen-bond donors (Lipinski definition) is 1. The molecule has 1 unspecified atom stereocenters. The molecular formula is C13H15Cl2N3. The molecule has 0 fully saturated rings. The summed E-state index contributed by atoms with van der Waals surface area (Å²) in [4.78, 5) is 4.33. The van der Waals surface area contributed by atoms with E-state index in [1.54, 1.807) is 6.07 Å². The number of hydrogen-bond acceptors (Lipinski definition) is 2. The van der Waals surface area contributed by atoms with E-state index in [-0.39, 0.29) is 6.04 Å². The summed E-state index contributed by atoms with van der Waals surface area (Å²) >= 11 is 12.1. The van der Waals surface area contributed by atoms with E-state index in [2.05, 4.69) is 17.2 Å². The first-order chi connectivity index (χ1) is 8.61. The molecular weight excluding hydrogens is 269 g/mol. The molecule has 0 aliphatic heterocycles. The van der Waals surface area contributed by atoms with E-state index in [1.807, 2.05) is 36.3 Å². The maximum Gasteiger partial charge on any atom is 0.0955 e. The Balaban J connectivity index is 2.26. The van der Waals surface area contributed by atoms with Crippen molar-refractivity contribution < 1.29 is 0 Å². The highest BCUT2D eigenvalue weighted by Gasteiger charge is 2.12. The van der Waals surface area contributed by atoms with Crippen molar-refractivity contribution in [1.29, 1.82) is 0 Å². The molecule has 2 rings (SSSR count). The fourth-order valence-electron chi connectivity index (χ4n) is 1.86. The Morgan fingerprint density at radius 3 is 2.83 bits per heavy atom. The van der Waals surface area contributed by atoms with Gasteiger partial charge in [0.05, 0.1) is 18.1 Å². The monoisotopic (exact) mass is 283 g/mol. The molecule has 0 aliphatic carbocycles. The molecule has 1 aromatic heterocycles. The molecule has 0 spiro atoms. The number of rotatable bonds is 4. The number of imidazole rings is 1. The maximum atomic E-state index is 6.21. The molecule has 5 heteroatoms. The van der Waals surface area contributed by atoms with Crippen LogP contribution in [0.15, 0.2) is 30.7 Å². The van der Waals surface area contributed by atoms with Crippen LogP contribution in [0.25, 0.3) is 0 Å². The standard InChI is InChI=1S/C13H15Cl2N3/c1-9(12-4-3-10(14)5-13(12)15)18-7-11(6-16-2)17-8-18/h3-5,7-9,16H,6H2,1-2H3. The highest BCUT2D eigenvalue weighted by Crippen LogP contribution is 2.28. The number of aromatic nitrogens is 2. The Bertz CT molecular complexity index is 537. The van der Waals surface area contributed by atoms with Gasteiger partial charge in [0.2, 0.25) is 0 Å². The van der Waals surface area contributed by atoms with E-state index in [4.69, 9.17) is 23.2 Å². The number of benzene rings is 1. The van der Waals surface area contributed by atoms with Gasteiger partial charge >= 0.3 is 0 Å². The fraction of sp³-hybridized carbons (Fsp3) is 0.308. The van der Waals surface area contributed by atoms with E-state index in [0.29, 0.717) is 10.0 Å². The molecule has 0 saturated heterocycles. The minimum atomic E-state index is 0.132. The van der Waals surface area contributed by atoms with Crippen molar-refractivity contribution in [1.82, 2.24) is 14.9 Å². The lowest BCUT2D eigenvalue weighted by atomic mass is 10.1. The zero-order chi connectivity index (χ0) is 13.1. The average Bonchev–Trinajstić information content (AvgIpc) is 2.77. The third kappa shape index (κ3) is 2.86. The summed E-state index contributed by atoms with van der Waals surface area (Å²) in [6, 6.07) is 5.70. The lowest BCUT2D eigenvalue weighted by Gasteiger charge is -2.15. The van der Waals surface area contributed by atoms with E-state index in [0.717, 1.165) is 17.8 Å². The van der Waals surface area contributed by atoms with Crippen LogP contribution in [0.3, 0.4) is 0 Å². The van der Waals surface area contributed by atoms with Crippen molar-refractivity contribution in [3.05, 3.63) is 52.0 Å². The molecule has 0 saturated carbocycles. The topological polar surface area (TPSA) is 29.9 Å². The van der Waals surface area contributed by atoms with Crippen LogP contribution in [-0.2, 0) is 6.54 Å². The van der Waals surface area contributed by atoms with Gasteiger partial charge in [-0.25, -0.2) is 4.98 Å². The van der Waals surface area contributed by atoms with Gasteiger partial charge in [-0.2, -0.15) is 0 Å². The predicted octanol–water partition coefficient (Wildman–Crippen LogP) is 3.52. The van der Waals surface area contributed by atoms with Gasteiger partial charge in [0.1, 0.15) is 0 Å². The molecule has 1 aromatic carbocycles. The van der Waals surface area contributed by atoms with Crippen molar-refractivity contribution in [2.45, 2.75) is 19.5 Å². The van der Waals surface area contributed by atoms with Gasteiger partial charge in [-0.3, -0.25) is 0 Å². The fourth-order valence-corrected chi connectivity index (χ4v) is 2.43. The molecule has 1 N–H and O–H groups in total. The van der Waals surface area contributed by atoms with Gasteiger partial charge in [-0.05, 0) is 31.7 Å². The summed E-state index contributed by atoms with van der Waals surface area (Å²) in [5, 5.41) is 4.41. The van der Waals surface area contributed by atoms with Gasteiger partial charge in [0, 0.05) is 22.8 Å². The lowest BCUT2D eigenvalue weighted by Crippen LogP contribution is -2.06. The minimum Gasteiger partial charge on any atom is -0.330 e. The second-order valence-corrected chi connectivity index (χ2v) is 5.03. The van der Waals surface area contributed by atoms with Crippen LogP contribution in [0.1, 0.15) is 24.2 Å². The van der Waals surface area contributed by atoms with Crippen LogP contribution < -0.4 is 5.32 Å². The first-order valence-corrected chi connectivity index (χ1v) is 6.49. The average molecular weight is 284 g/mol. The SMILES string of the molecule is CNCc1cn(C(C)c2ccc(Cl)cc2Cl)cn1. The Kier molecular flexibility index (Phi) is 4.27. The summed E-state index contributed by atoms with van der Waals surface area (Å²) in [7, 11) is 1.90. The van der Waals surface area contributed by atoms with Crippen LogP contribution in [0.5, 0.6) is 0 Å². The minimum absolute atomic E-state index is 0.132. The Morgan fingerprint density at radius 1 is 1.39 bits per heavy atom. The summed E-state index contributed by atoms with van der Waals surface area (Å²) in [5.74, 6) is 0. The smallest absolute Gasteiger partial charge is 0.0955 e. The van der Waals surface area contributed by atoms with Crippen LogP contribution in [0.4, 0.5) is 0 Å². The highest BCUT2D eigenvalue weighted by atomic mass is 35.5. The summed E-state index contributed by atoms with van der Waals surface area (Å²) in [6.45, 7) is 2.84. The largest absolute Gasteiger partial charge is 0.330 e. The third-order valence-electron chi connectivity index (χ3n) is 2.87. The molecule has 0 radical (unpaired) electrons. The molecule has 18 heavy (non-hydrogen) atoms. The quantitative estimate of drug-likeness (QED) is 0.931. The summed E-state index contributed by atoms with van der Waals surface area (Å²) in [5.41, 5.74) is 2.05. The first-order valence-electron chi connectivity index (χ1n) is 5.73. The van der Waals surface area contributed by atoms with Gasteiger partial charge < -0.3 is 9.88 Å².